The van der Waals surface area contributed by atoms with E-state index in [1.165, 1.54) is 98.6 Å². The largest absolute Gasteiger partial charge is 0.496 e. The second kappa shape index (κ2) is 19.2. The van der Waals surface area contributed by atoms with Gasteiger partial charge in [0.05, 0.1) is 19.8 Å². The van der Waals surface area contributed by atoms with Gasteiger partial charge in [-0.1, -0.05) is 175 Å². The van der Waals surface area contributed by atoms with Gasteiger partial charge in [-0.3, -0.25) is 0 Å². The number of benzene rings is 5. The molecule has 59 heavy (non-hydrogen) atoms. The topological polar surface area (TPSA) is 18.5 Å². The summed E-state index contributed by atoms with van der Waals surface area (Å²) in [5, 5.41) is 2.98. The van der Waals surface area contributed by atoms with Crippen molar-refractivity contribution in [3.63, 3.8) is 0 Å². The summed E-state index contributed by atoms with van der Waals surface area (Å²) in [5.74, 6) is 4.08. The Bertz CT molecular complexity index is 2040. The Kier molecular flexibility index (Phi) is 14.6. The summed E-state index contributed by atoms with van der Waals surface area (Å²) in [6, 6.07) is 33.2. The van der Waals surface area contributed by atoms with Crippen LogP contribution in [0.2, 0.25) is 0 Å². The molecular weight excluding hydrogens is 736 g/mol. The van der Waals surface area contributed by atoms with E-state index in [2.05, 4.69) is 162 Å². The number of hydrogen-bond acceptors (Lipinski definition) is 2. The summed E-state index contributed by atoms with van der Waals surface area (Å²) in [7, 11) is 2.67. The molecule has 0 N–H and O–H groups in total. The molecule has 5 aromatic rings. The van der Waals surface area contributed by atoms with Crippen molar-refractivity contribution in [2.75, 3.05) is 14.2 Å². The highest BCUT2D eigenvalue weighted by molar-refractivity contribution is 7.74. The minimum absolute atomic E-state index is 0.367. The van der Waals surface area contributed by atoms with Crippen LogP contribution in [0.25, 0.3) is 33.4 Å². The first-order valence-corrected chi connectivity index (χ1v) is 24.2. The van der Waals surface area contributed by atoms with Gasteiger partial charge < -0.3 is 9.47 Å². The predicted octanol–water partition coefficient (Wildman–Crippen LogP) is 16.2. The molecule has 3 heteroatoms. The molecule has 314 valence electrons. The first-order chi connectivity index (χ1) is 28.2. The van der Waals surface area contributed by atoms with Crippen LogP contribution in [-0.4, -0.2) is 19.9 Å². The first kappa shape index (κ1) is 44.7. The van der Waals surface area contributed by atoms with Crippen molar-refractivity contribution in [2.24, 2.45) is 0 Å². The van der Waals surface area contributed by atoms with Crippen LogP contribution in [0.5, 0.6) is 11.5 Å². The Morgan fingerprint density at radius 1 is 0.441 bits per heavy atom. The number of hydrogen-bond donors (Lipinski definition) is 0. The van der Waals surface area contributed by atoms with Gasteiger partial charge in [0.25, 0.3) is 0 Å². The van der Waals surface area contributed by atoms with Crippen LogP contribution in [0.1, 0.15) is 184 Å². The Hall–Kier alpha value is -3.87. The zero-order valence-electron chi connectivity index (χ0n) is 38.9. The van der Waals surface area contributed by atoms with E-state index >= 15 is 0 Å². The Labute approximate surface area is 360 Å². The van der Waals surface area contributed by atoms with Gasteiger partial charge in [0, 0.05) is 0 Å². The van der Waals surface area contributed by atoms with Crippen molar-refractivity contribution < 1.29 is 9.47 Å². The van der Waals surface area contributed by atoms with Gasteiger partial charge in [0.15, 0.2) is 0 Å². The van der Waals surface area contributed by atoms with Gasteiger partial charge in [0.1, 0.15) is 11.5 Å². The van der Waals surface area contributed by atoms with Crippen LogP contribution in [0.4, 0.5) is 0 Å². The SMILES string of the molecule is COc1cccc(OC)c1-c1ccccc1P(c1c(-c2c(C(C)C)cc(C(C)C)cc2C(C)C)cccc1-c1c(C(C)C)cc(C(C)C)cc1C(C)C)C1CCCCC1. The molecule has 0 heterocycles. The van der Waals surface area contributed by atoms with Crippen LogP contribution in [0.15, 0.2) is 84.9 Å². The second-order valence-electron chi connectivity index (χ2n) is 19.0. The zero-order valence-corrected chi connectivity index (χ0v) is 39.8. The van der Waals surface area contributed by atoms with Crippen molar-refractivity contribution >= 4 is 18.5 Å². The number of ether oxygens (including phenoxy) is 2. The maximum absolute atomic E-state index is 6.17. The van der Waals surface area contributed by atoms with E-state index < -0.39 is 7.92 Å². The molecule has 1 saturated carbocycles. The quantitative estimate of drug-likeness (QED) is 0.104. The molecule has 0 aliphatic heterocycles. The lowest BCUT2D eigenvalue weighted by Crippen LogP contribution is -2.28. The molecule has 0 aromatic heterocycles. The third-order valence-corrected chi connectivity index (χ3v) is 16.0. The lowest BCUT2D eigenvalue weighted by molar-refractivity contribution is 0.397. The van der Waals surface area contributed by atoms with Crippen molar-refractivity contribution in [3.8, 4) is 44.9 Å². The Morgan fingerprint density at radius 2 is 0.831 bits per heavy atom. The van der Waals surface area contributed by atoms with Gasteiger partial charge >= 0.3 is 0 Å². The van der Waals surface area contributed by atoms with E-state index in [0.717, 1.165) is 17.1 Å². The van der Waals surface area contributed by atoms with Crippen molar-refractivity contribution in [2.45, 2.75) is 156 Å². The van der Waals surface area contributed by atoms with Crippen molar-refractivity contribution in [1.82, 2.24) is 0 Å². The summed E-state index contributed by atoms with van der Waals surface area (Å²) in [6.45, 7) is 28.6. The average Bonchev–Trinajstić information content (AvgIpc) is 3.22. The summed E-state index contributed by atoms with van der Waals surface area (Å²) in [6.07, 6.45) is 6.33. The van der Waals surface area contributed by atoms with Crippen LogP contribution in [0.3, 0.4) is 0 Å². The smallest absolute Gasteiger partial charge is 0.130 e. The third-order valence-electron chi connectivity index (χ3n) is 12.9. The van der Waals surface area contributed by atoms with E-state index in [4.69, 9.17) is 9.47 Å². The molecule has 2 nitrogen and oxygen atoms in total. The number of rotatable bonds is 14. The van der Waals surface area contributed by atoms with E-state index in [9.17, 15) is 0 Å². The summed E-state index contributed by atoms with van der Waals surface area (Å²) in [4.78, 5) is 0. The summed E-state index contributed by atoms with van der Waals surface area (Å²) >= 11 is 0. The standard InChI is InChI=1S/C56H73O2P/c1-34(2)40-30-46(36(5)6)53(47(31-40)37(7)8)44-25-20-26-45(54-48(38(9)10)32-41(35(3)4)33-49(54)39(11)12)56(44)59(42-22-16-15-17-23-42)52-29-19-18-24-43(52)55-50(57-13)27-21-28-51(55)58-14/h18-21,24-39,42H,15-17,22-23H2,1-14H3. The van der Waals surface area contributed by atoms with Crippen LogP contribution < -0.4 is 20.1 Å². The molecule has 0 spiro atoms. The minimum Gasteiger partial charge on any atom is -0.496 e. The normalized spacial score (nSPS) is 14.4. The fraction of sp³-hybridized carbons (Fsp3) is 0.464. The fourth-order valence-electron chi connectivity index (χ4n) is 9.59. The molecule has 0 saturated heterocycles. The molecule has 1 fully saturated rings. The monoisotopic (exact) mass is 809 g/mol. The molecule has 6 rings (SSSR count). The zero-order chi connectivity index (χ0) is 42.7. The van der Waals surface area contributed by atoms with Crippen molar-refractivity contribution in [3.05, 3.63) is 118 Å². The predicted molar refractivity (Wildman–Crippen MR) is 260 cm³/mol. The summed E-state index contributed by atoms with van der Waals surface area (Å²) < 4.78 is 12.3. The van der Waals surface area contributed by atoms with Crippen LogP contribution in [0, 0.1) is 0 Å². The molecule has 0 amide bonds. The van der Waals surface area contributed by atoms with E-state index in [-0.39, 0.29) is 0 Å². The van der Waals surface area contributed by atoms with E-state index in [0.29, 0.717) is 41.2 Å². The number of methoxy groups -OCH3 is 2. The maximum Gasteiger partial charge on any atom is 0.130 e. The van der Waals surface area contributed by atoms with Gasteiger partial charge in [-0.25, -0.2) is 0 Å². The fourth-order valence-corrected chi connectivity index (χ4v) is 13.1. The third kappa shape index (κ3) is 9.10. The molecule has 1 atom stereocenters. The van der Waals surface area contributed by atoms with Gasteiger partial charge in [-0.05, 0) is 146 Å². The molecule has 5 aromatic carbocycles. The minimum atomic E-state index is -0.915. The van der Waals surface area contributed by atoms with Crippen LogP contribution in [-0.2, 0) is 0 Å². The molecule has 1 unspecified atom stereocenters. The van der Waals surface area contributed by atoms with Gasteiger partial charge in [0.2, 0.25) is 0 Å². The Morgan fingerprint density at radius 3 is 1.22 bits per heavy atom. The molecule has 0 radical (unpaired) electrons. The average molecular weight is 809 g/mol. The van der Waals surface area contributed by atoms with Crippen LogP contribution >= 0.6 is 7.92 Å². The van der Waals surface area contributed by atoms with E-state index in [1.54, 1.807) is 19.5 Å². The van der Waals surface area contributed by atoms with E-state index in [1.807, 2.05) is 6.07 Å². The molecular formula is C56H73O2P. The highest BCUT2D eigenvalue weighted by Crippen LogP contribution is 2.55. The lowest BCUT2D eigenvalue weighted by atomic mass is 9.79. The maximum atomic E-state index is 6.17. The lowest BCUT2D eigenvalue weighted by Gasteiger charge is -2.37. The molecule has 0 bridgehead atoms. The highest BCUT2D eigenvalue weighted by atomic mass is 31.1. The summed E-state index contributed by atoms with van der Waals surface area (Å²) in [5.41, 5.74) is 17.4. The first-order valence-electron chi connectivity index (χ1n) is 22.8. The van der Waals surface area contributed by atoms with Crippen molar-refractivity contribution in [1.29, 1.82) is 0 Å². The van der Waals surface area contributed by atoms with Gasteiger partial charge in [-0.2, -0.15) is 0 Å². The molecule has 1 aliphatic rings. The van der Waals surface area contributed by atoms with Gasteiger partial charge in [-0.15, -0.1) is 0 Å². The highest BCUT2D eigenvalue weighted by Gasteiger charge is 2.36. The Balaban J connectivity index is 1.88. The second-order valence-corrected chi connectivity index (χ2v) is 21.4. The molecule has 1 aliphatic carbocycles.